The Bertz CT molecular complexity index is 1720. The van der Waals surface area contributed by atoms with E-state index in [4.69, 9.17) is 21.1 Å². The van der Waals surface area contributed by atoms with Gasteiger partial charge in [-0.05, 0) is 67.1 Å². The van der Waals surface area contributed by atoms with E-state index in [1.807, 2.05) is 5.32 Å². The van der Waals surface area contributed by atoms with Gasteiger partial charge in [0.1, 0.15) is 5.57 Å². The highest BCUT2D eigenvalue weighted by Crippen LogP contribution is 2.44. The van der Waals surface area contributed by atoms with E-state index in [2.05, 4.69) is 4.74 Å². The summed E-state index contributed by atoms with van der Waals surface area (Å²) in [6.07, 6.45) is -3.75. The minimum Gasteiger partial charge on any atom is -0.490 e. The van der Waals surface area contributed by atoms with Gasteiger partial charge in [0.05, 0.1) is 40.5 Å². The molecule has 1 saturated heterocycles. The SMILES string of the molecule is CCOc1cc(/C=C2\C(=O)NC(=O)N(c3ccc(C(=O)OC)cc3)C2=O)cc(Cl)c1Oc1ccc(C(F)(F)F)cc1[N+](=O)[O-]. The van der Waals surface area contributed by atoms with Gasteiger partial charge in [0.15, 0.2) is 11.5 Å². The molecule has 1 N–H and O–H groups in total. The molecule has 44 heavy (non-hydrogen) atoms. The number of hydrogen-bond acceptors (Lipinski definition) is 9. The molecule has 228 valence electrons. The maximum atomic E-state index is 13.3. The van der Waals surface area contributed by atoms with Gasteiger partial charge in [-0.25, -0.2) is 14.5 Å². The molecule has 1 aliphatic heterocycles. The number of alkyl halides is 3. The Balaban J connectivity index is 1.71. The number of barbiturate groups is 1. The standard InChI is InChI=1S/C28H19ClF3N3O9/c1-3-43-22-12-14(11-19(29)23(22)44-21-9-6-16(28(30,31)32)13-20(21)35(40)41)10-18-24(36)33-27(39)34(25(18)37)17-7-4-15(5-8-17)26(38)42-2/h4-13H,3H2,1-2H3,(H,33,36,39)/b18-10+. The van der Waals surface area contributed by atoms with E-state index in [-0.39, 0.29) is 39.9 Å². The highest BCUT2D eigenvalue weighted by Gasteiger charge is 2.37. The summed E-state index contributed by atoms with van der Waals surface area (Å²) in [5.41, 5.74) is -2.47. The molecule has 3 aromatic rings. The summed E-state index contributed by atoms with van der Waals surface area (Å²) in [5, 5.41) is 13.3. The first-order valence-electron chi connectivity index (χ1n) is 12.3. The molecule has 0 spiro atoms. The molecule has 0 atom stereocenters. The zero-order valence-electron chi connectivity index (χ0n) is 22.6. The number of nitrogens with zero attached hydrogens (tertiary/aromatic N) is 2. The number of carbonyl (C=O) groups is 4. The van der Waals surface area contributed by atoms with Crippen LogP contribution in [0.1, 0.15) is 28.4 Å². The third-order valence-corrected chi connectivity index (χ3v) is 6.27. The van der Waals surface area contributed by atoms with Crippen LogP contribution >= 0.6 is 11.6 Å². The molecule has 1 fully saturated rings. The molecule has 4 amide bonds. The fourth-order valence-electron chi connectivity index (χ4n) is 3.99. The maximum absolute atomic E-state index is 13.3. The van der Waals surface area contributed by atoms with Crippen LogP contribution in [0.15, 0.2) is 60.2 Å². The Labute approximate surface area is 250 Å². The number of imide groups is 2. The van der Waals surface area contributed by atoms with E-state index in [1.54, 1.807) is 6.92 Å². The fraction of sp³-hybridized carbons (Fsp3) is 0.143. The number of ether oxygens (including phenoxy) is 3. The number of halogens is 4. The molecular weight excluding hydrogens is 615 g/mol. The maximum Gasteiger partial charge on any atom is 0.416 e. The molecule has 4 rings (SSSR count). The van der Waals surface area contributed by atoms with Crippen molar-refractivity contribution in [3.63, 3.8) is 0 Å². The van der Waals surface area contributed by atoms with E-state index in [0.717, 1.165) is 12.1 Å². The number of hydrogen-bond donors (Lipinski definition) is 1. The van der Waals surface area contributed by atoms with Crippen LogP contribution < -0.4 is 19.7 Å². The summed E-state index contributed by atoms with van der Waals surface area (Å²) in [7, 11) is 1.18. The molecule has 0 saturated carbocycles. The molecule has 0 aliphatic carbocycles. The second-order valence-corrected chi connectivity index (χ2v) is 9.21. The first-order valence-corrected chi connectivity index (χ1v) is 12.7. The molecule has 0 radical (unpaired) electrons. The molecule has 1 heterocycles. The van der Waals surface area contributed by atoms with Crippen LogP contribution in [0.4, 0.5) is 29.3 Å². The number of nitro benzene ring substituents is 1. The van der Waals surface area contributed by atoms with Crippen LogP contribution in [0.3, 0.4) is 0 Å². The Morgan fingerprint density at radius 1 is 1.07 bits per heavy atom. The molecule has 0 bridgehead atoms. The van der Waals surface area contributed by atoms with Crippen LogP contribution in [0.2, 0.25) is 5.02 Å². The van der Waals surface area contributed by atoms with Crippen molar-refractivity contribution in [1.29, 1.82) is 0 Å². The number of amides is 4. The van der Waals surface area contributed by atoms with Gasteiger partial charge >= 0.3 is 23.9 Å². The third-order valence-electron chi connectivity index (χ3n) is 5.99. The first-order chi connectivity index (χ1) is 20.7. The van der Waals surface area contributed by atoms with Gasteiger partial charge in [0.2, 0.25) is 5.75 Å². The number of carbonyl (C=O) groups excluding carboxylic acids is 4. The smallest absolute Gasteiger partial charge is 0.416 e. The van der Waals surface area contributed by atoms with Crippen molar-refractivity contribution in [1.82, 2.24) is 5.32 Å². The predicted octanol–water partition coefficient (Wildman–Crippen LogP) is 5.91. The summed E-state index contributed by atoms with van der Waals surface area (Å²) in [4.78, 5) is 61.3. The van der Waals surface area contributed by atoms with Gasteiger partial charge in [0.25, 0.3) is 11.8 Å². The predicted molar refractivity (Wildman–Crippen MR) is 148 cm³/mol. The fourth-order valence-corrected chi connectivity index (χ4v) is 4.25. The quantitative estimate of drug-likeness (QED) is 0.105. The lowest BCUT2D eigenvalue weighted by atomic mass is 10.1. The van der Waals surface area contributed by atoms with Gasteiger partial charge in [-0.15, -0.1) is 0 Å². The Kier molecular flexibility index (Phi) is 8.90. The Morgan fingerprint density at radius 3 is 2.34 bits per heavy atom. The lowest BCUT2D eigenvalue weighted by molar-refractivity contribution is -0.385. The normalized spacial score (nSPS) is 14.4. The van der Waals surface area contributed by atoms with Crippen molar-refractivity contribution in [3.05, 3.63) is 92.0 Å². The lowest BCUT2D eigenvalue weighted by Gasteiger charge is -2.26. The molecule has 0 unspecified atom stereocenters. The van der Waals surface area contributed by atoms with Crippen LogP contribution in [0.25, 0.3) is 6.08 Å². The Hall–Kier alpha value is -5.44. The number of rotatable bonds is 8. The number of nitro groups is 1. The van der Waals surface area contributed by atoms with E-state index in [0.29, 0.717) is 17.0 Å². The van der Waals surface area contributed by atoms with Crippen molar-refractivity contribution in [2.75, 3.05) is 18.6 Å². The number of anilines is 1. The van der Waals surface area contributed by atoms with Crippen LogP contribution in [0.5, 0.6) is 17.2 Å². The number of esters is 1. The van der Waals surface area contributed by atoms with Gasteiger partial charge < -0.3 is 14.2 Å². The van der Waals surface area contributed by atoms with Crippen molar-refractivity contribution in [3.8, 4) is 17.2 Å². The topological polar surface area (TPSA) is 154 Å². The van der Waals surface area contributed by atoms with Gasteiger partial charge in [-0.1, -0.05) is 11.6 Å². The zero-order chi connectivity index (χ0) is 32.3. The monoisotopic (exact) mass is 633 g/mol. The minimum atomic E-state index is -4.85. The number of urea groups is 1. The summed E-state index contributed by atoms with van der Waals surface area (Å²) >= 11 is 6.37. The second kappa shape index (κ2) is 12.4. The van der Waals surface area contributed by atoms with Gasteiger partial charge in [0, 0.05) is 6.07 Å². The molecule has 0 aromatic heterocycles. The molecular formula is C28H19ClF3N3O9. The summed E-state index contributed by atoms with van der Waals surface area (Å²) in [6, 6.07) is 8.32. The minimum absolute atomic E-state index is 0.0189. The second-order valence-electron chi connectivity index (χ2n) is 8.80. The average Bonchev–Trinajstić information content (AvgIpc) is 2.96. The molecule has 12 nitrogen and oxygen atoms in total. The highest BCUT2D eigenvalue weighted by molar-refractivity contribution is 6.39. The van der Waals surface area contributed by atoms with E-state index in [1.165, 1.54) is 43.5 Å². The average molecular weight is 634 g/mol. The summed E-state index contributed by atoms with van der Waals surface area (Å²) in [6.45, 7) is 1.60. The molecule has 16 heteroatoms. The molecule has 1 aliphatic rings. The van der Waals surface area contributed by atoms with Gasteiger partial charge in [-0.3, -0.25) is 25.0 Å². The van der Waals surface area contributed by atoms with Crippen molar-refractivity contribution < 1.29 is 51.5 Å². The van der Waals surface area contributed by atoms with E-state index < -0.39 is 57.5 Å². The first kappa shape index (κ1) is 31.5. The van der Waals surface area contributed by atoms with E-state index >= 15 is 0 Å². The van der Waals surface area contributed by atoms with Crippen LogP contribution in [-0.4, -0.2) is 42.5 Å². The zero-order valence-corrected chi connectivity index (χ0v) is 23.3. The third kappa shape index (κ3) is 6.47. The number of nitrogens with one attached hydrogen (secondary N) is 1. The van der Waals surface area contributed by atoms with Crippen molar-refractivity contribution >= 4 is 52.9 Å². The van der Waals surface area contributed by atoms with E-state index in [9.17, 15) is 42.5 Å². The Morgan fingerprint density at radius 2 is 1.75 bits per heavy atom. The highest BCUT2D eigenvalue weighted by atomic mass is 35.5. The molecule has 3 aromatic carbocycles. The largest absolute Gasteiger partial charge is 0.490 e. The number of benzene rings is 3. The van der Waals surface area contributed by atoms with Crippen LogP contribution in [0, 0.1) is 10.1 Å². The van der Waals surface area contributed by atoms with Gasteiger partial charge in [-0.2, -0.15) is 13.2 Å². The van der Waals surface area contributed by atoms with Crippen molar-refractivity contribution in [2.24, 2.45) is 0 Å². The summed E-state index contributed by atoms with van der Waals surface area (Å²) in [5.74, 6) is -3.68. The van der Waals surface area contributed by atoms with Crippen LogP contribution in [-0.2, 0) is 20.5 Å². The lowest BCUT2D eigenvalue weighted by Crippen LogP contribution is -2.54. The van der Waals surface area contributed by atoms with Crippen molar-refractivity contribution in [2.45, 2.75) is 13.1 Å². The summed E-state index contributed by atoms with van der Waals surface area (Å²) < 4.78 is 55.0. The number of methoxy groups -OCH3 is 1.